The summed E-state index contributed by atoms with van der Waals surface area (Å²) in [6.07, 6.45) is 1.36. The fourth-order valence-electron chi connectivity index (χ4n) is 1.37. The molecule has 1 rings (SSSR count). The van der Waals surface area contributed by atoms with Gasteiger partial charge in [-0.2, -0.15) is 0 Å². The lowest BCUT2D eigenvalue weighted by Crippen LogP contribution is -2.44. The Labute approximate surface area is 99.2 Å². The number of sulfonamides is 1. The Bertz CT molecular complexity index is 400. The van der Waals surface area contributed by atoms with Crippen molar-refractivity contribution in [2.75, 3.05) is 12.4 Å². The number of carboxylic acids is 1. The molecule has 1 atom stereocenters. The smallest absolute Gasteiger partial charge is 0.322 e. The van der Waals surface area contributed by atoms with Crippen LogP contribution in [-0.2, 0) is 24.3 Å². The Morgan fingerprint density at radius 2 is 2.06 bits per heavy atom. The second-order valence-electron chi connectivity index (χ2n) is 3.84. The van der Waals surface area contributed by atoms with Gasteiger partial charge in [-0.05, 0) is 25.7 Å². The maximum Gasteiger partial charge on any atom is 0.322 e. The van der Waals surface area contributed by atoms with Crippen LogP contribution in [0, 0.1) is 5.92 Å². The number of carboxylic acid groups (broad SMARTS) is 1. The lowest BCUT2D eigenvalue weighted by atomic mass is 10.2. The molecule has 0 spiro atoms. The third-order valence-electron chi connectivity index (χ3n) is 2.28. The normalized spacial score (nSPS) is 17.5. The van der Waals surface area contributed by atoms with Gasteiger partial charge in [-0.3, -0.25) is 9.59 Å². The van der Waals surface area contributed by atoms with Crippen molar-refractivity contribution in [1.82, 2.24) is 4.72 Å². The first kappa shape index (κ1) is 13.9. The van der Waals surface area contributed by atoms with E-state index in [2.05, 4.69) is 4.74 Å². The van der Waals surface area contributed by atoms with Crippen LogP contribution in [0.1, 0.15) is 19.8 Å². The van der Waals surface area contributed by atoms with E-state index >= 15 is 0 Å². The topological polar surface area (TPSA) is 110 Å². The summed E-state index contributed by atoms with van der Waals surface area (Å²) in [6.45, 7) is 1.64. The van der Waals surface area contributed by atoms with Gasteiger partial charge in [0.25, 0.3) is 0 Å². The van der Waals surface area contributed by atoms with E-state index < -0.39 is 33.8 Å². The zero-order valence-corrected chi connectivity index (χ0v) is 10.2. The number of aliphatic carboxylic acids is 1. The Balaban J connectivity index is 2.58. The van der Waals surface area contributed by atoms with Gasteiger partial charge in [-0.15, -0.1) is 0 Å². The van der Waals surface area contributed by atoms with Crippen LogP contribution in [0.3, 0.4) is 0 Å². The fourth-order valence-corrected chi connectivity index (χ4v) is 2.53. The zero-order valence-electron chi connectivity index (χ0n) is 9.38. The summed E-state index contributed by atoms with van der Waals surface area (Å²) in [5, 5.41) is 8.84. The number of hydrogen-bond acceptors (Lipinski definition) is 5. The third kappa shape index (κ3) is 4.70. The molecule has 7 nitrogen and oxygen atoms in total. The number of nitrogens with one attached hydrogen (secondary N) is 1. The summed E-state index contributed by atoms with van der Waals surface area (Å²) in [4.78, 5) is 21.8. The molecular weight excluding hydrogens is 250 g/mol. The van der Waals surface area contributed by atoms with Crippen LogP contribution in [0.25, 0.3) is 0 Å². The minimum absolute atomic E-state index is 0.0827. The molecule has 2 N–H and O–H groups in total. The highest BCUT2D eigenvalue weighted by molar-refractivity contribution is 7.90. The molecule has 0 heterocycles. The van der Waals surface area contributed by atoms with Gasteiger partial charge < -0.3 is 9.84 Å². The first-order chi connectivity index (χ1) is 7.85. The number of esters is 1. The molecule has 0 saturated heterocycles. The molecule has 98 valence electrons. The van der Waals surface area contributed by atoms with Crippen LogP contribution >= 0.6 is 0 Å². The number of ether oxygens (including phenoxy) is 1. The van der Waals surface area contributed by atoms with E-state index in [1.807, 2.05) is 4.72 Å². The molecule has 0 aromatic heterocycles. The lowest BCUT2D eigenvalue weighted by molar-refractivity contribution is -0.141. The quantitative estimate of drug-likeness (QED) is 0.591. The monoisotopic (exact) mass is 265 g/mol. The summed E-state index contributed by atoms with van der Waals surface area (Å²) >= 11 is 0. The van der Waals surface area contributed by atoms with Gasteiger partial charge in [0.05, 0.1) is 6.61 Å². The van der Waals surface area contributed by atoms with Gasteiger partial charge in [0.2, 0.25) is 10.0 Å². The Morgan fingerprint density at radius 1 is 1.47 bits per heavy atom. The molecule has 17 heavy (non-hydrogen) atoms. The van der Waals surface area contributed by atoms with Gasteiger partial charge in [-0.25, -0.2) is 13.1 Å². The highest BCUT2D eigenvalue weighted by Crippen LogP contribution is 2.33. The van der Waals surface area contributed by atoms with Crippen LogP contribution in [0.2, 0.25) is 0 Å². The summed E-state index contributed by atoms with van der Waals surface area (Å²) in [7, 11) is -3.96. The van der Waals surface area contributed by atoms with Crippen LogP contribution in [0.15, 0.2) is 0 Å². The maximum atomic E-state index is 11.5. The van der Waals surface area contributed by atoms with E-state index in [0.717, 1.165) is 0 Å². The standard InChI is InChI=1S/C9H15NO6S/c1-2-16-7(11)5-17(14,15)10-8(9(12)13)6-3-4-6/h6,8,10H,2-5H2,1H3,(H,12,13). The molecule has 0 aromatic carbocycles. The Kier molecular flexibility index (Phi) is 4.47. The number of hydrogen-bond donors (Lipinski definition) is 2. The van der Waals surface area contributed by atoms with Crippen molar-refractivity contribution in [3.63, 3.8) is 0 Å². The van der Waals surface area contributed by atoms with Gasteiger partial charge >= 0.3 is 11.9 Å². The average Bonchev–Trinajstić information content (AvgIpc) is 2.96. The van der Waals surface area contributed by atoms with Gasteiger partial charge in [0, 0.05) is 0 Å². The zero-order chi connectivity index (χ0) is 13.1. The fraction of sp³-hybridized carbons (Fsp3) is 0.778. The highest BCUT2D eigenvalue weighted by Gasteiger charge is 2.39. The van der Waals surface area contributed by atoms with E-state index in [1.165, 1.54) is 0 Å². The number of carbonyl (C=O) groups excluding carboxylic acids is 1. The third-order valence-corrected chi connectivity index (χ3v) is 3.51. The molecule has 1 unspecified atom stereocenters. The molecule has 1 fully saturated rings. The van der Waals surface area contributed by atoms with Crippen LogP contribution in [-0.4, -0.2) is 43.9 Å². The van der Waals surface area contributed by atoms with E-state index in [9.17, 15) is 18.0 Å². The van der Waals surface area contributed by atoms with Crippen LogP contribution in [0.5, 0.6) is 0 Å². The molecule has 0 radical (unpaired) electrons. The van der Waals surface area contributed by atoms with Crippen molar-refractivity contribution < 1.29 is 27.9 Å². The second-order valence-corrected chi connectivity index (χ2v) is 5.59. The van der Waals surface area contributed by atoms with E-state index in [1.54, 1.807) is 6.92 Å². The van der Waals surface area contributed by atoms with E-state index in [-0.39, 0.29) is 12.5 Å². The minimum atomic E-state index is -3.96. The van der Waals surface area contributed by atoms with Crippen LogP contribution < -0.4 is 4.72 Å². The van der Waals surface area contributed by atoms with E-state index in [4.69, 9.17) is 5.11 Å². The van der Waals surface area contributed by atoms with Crippen molar-refractivity contribution in [2.45, 2.75) is 25.8 Å². The average molecular weight is 265 g/mol. The van der Waals surface area contributed by atoms with E-state index in [0.29, 0.717) is 12.8 Å². The molecule has 0 aliphatic heterocycles. The van der Waals surface area contributed by atoms with Gasteiger partial charge in [0.15, 0.2) is 5.75 Å². The Morgan fingerprint density at radius 3 is 2.47 bits per heavy atom. The first-order valence-corrected chi connectivity index (χ1v) is 6.89. The molecule has 0 bridgehead atoms. The number of rotatable bonds is 7. The minimum Gasteiger partial charge on any atom is -0.480 e. The Hall–Kier alpha value is -1.15. The summed E-state index contributed by atoms with van der Waals surface area (Å²) in [5.41, 5.74) is 0. The van der Waals surface area contributed by atoms with Crippen molar-refractivity contribution >= 4 is 22.0 Å². The van der Waals surface area contributed by atoms with Gasteiger partial charge in [-0.1, -0.05) is 0 Å². The molecule has 0 aromatic rings. The number of carbonyl (C=O) groups is 2. The highest BCUT2D eigenvalue weighted by atomic mass is 32.2. The first-order valence-electron chi connectivity index (χ1n) is 5.24. The largest absolute Gasteiger partial charge is 0.480 e. The lowest BCUT2D eigenvalue weighted by Gasteiger charge is -2.13. The molecule has 8 heteroatoms. The predicted molar refractivity (Wildman–Crippen MR) is 57.7 cm³/mol. The predicted octanol–water partition coefficient (Wildman–Crippen LogP) is -0.668. The van der Waals surface area contributed by atoms with Crippen molar-refractivity contribution in [3.05, 3.63) is 0 Å². The molecule has 1 aliphatic rings. The molecule has 1 saturated carbocycles. The second kappa shape index (κ2) is 5.46. The summed E-state index contributed by atoms with van der Waals surface area (Å²) in [5.74, 6) is -3.14. The van der Waals surface area contributed by atoms with Crippen molar-refractivity contribution in [2.24, 2.45) is 5.92 Å². The van der Waals surface area contributed by atoms with Crippen LogP contribution in [0.4, 0.5) is 0 Å². The van der Waals surface area contributed by atoms with Crippen molar-refractivity contribution in [1.29, 1.82) is 0 Å². The molecular formula is C9H15NO6S. The molecule has 1 aliphatic carbocycles. The summed E-state index contributed by atoms with van der Waals surface area (Å²) in [6, 6.07) is -1.14. The molecule has 0 amide bonds. The van der Waals surface area contributed by atoms with Gasteiger partial charge in [0.1, 0.15) is 6.04 Å². The summed E-state index contributed by atoms with van der Waals surface area (Å²) < 4.78 is 29.5. The maximum absolute atomic E-state index is 11.5. The van der Waals surface area contributed by atoms with Crippen molar-refractivity contribution in [3.8, 4) is 0 Å². The SMILES string of the molecule is CCOC(=O)CS(=O)(=O)NC(C(=O)O)C1CC1.